The Morgan fingerprint density at radius 1 is 1.14 bits per heavy atom. The van der Waals surface area contributed by atoms with E-state index in [-0.39, 0.29) is 6.10 Å². The summed E-state index contributed by atoms with van der Waals surface area (Å²) in [7, 11) is 0. The molecule has 21 heavy (non-hydrogen) atoms. The molecule has 2 rings (SSSR count). The minimum atomic E-state index is 0.174. The smallest absolute Gasteiger partial charge is 0.131 e. The SMILES string of the molecule is Cc1nc(-c2ccc(OC(C)C)cc2)c(N)n1CC(C)C. The van der Waals surface area contributed by atoms with Crippen molar-refractivity contribution in [1.82, 2.24) is 9.55 Å². The molecule has 0 radical (unpaired) electrons. The van der Waals surface area contributed by atoms with Crippen molar-refractivity contribution in [3.05, 3.63) is 30.1 Å². The zero-order chi connectivity index (χ0) is 15.6. The maximum absolute atomic E-state index is 6.27. The van der Waals surface area contributed by atoms with Gasteiger partial charge in [0.25, 0.3) is 0 Å². The van der Waals surface area contributed by atoms with Crippen molar-refractivity contribution in [2.75, 3.05) is 5.73 Å². The van der Waals surface area contributed by atoms with Crippen molar-refractivity contribution >= 4 is 5.82 Å². The van der Waals surface area contributed by atoms with Crippen LogP contribution in [0.2, 0.25) is 0 Å². The largest absolute Gasteiger partial charge is 0.491 e. The van der Waals surface area contributed by atoms with Crippen LogP contribution in [-0.4, -0.2) is 15.7 Å². The van der Waals surface area contributed by atoms with Gasteiger partial charge < -0.3 is 15.0 Å². The molecule has 0 atom stereocenters. The van der Waals surface area contributed by atoms with E-state index < -0.39 is 0 Å². The van der Waals surface area contributed by atoms with Crippen molar-refractivity contribution in [3.8, 4) is 17.0 Å². The lowest BCUT2D eigenvalue weighted by molar-refractivity contribution is 0.242. The van der Waals surface area contributed by atoms with Gasteiger partial charge in [-0.1, -0.05) is 13.8 Å². The molecule has 114 valence electrons. The number of nitrogen functional groups attached to an aromatic ring is 1. The van der Waals surface area contributed by atoms with E-state index in [2.05, 4.69) is 23.4 Å². The van der Waals surface area contributed by atoms with Gasteiger partial charge in [-0.15, -0.1) is 0 Å². The third-order valence-electron chi connectivity index (χ3n) is 3.24. The van der Waals surface area contributed by atoms with Crippen LogP contribution in [0.25, 0.3) is 11.3 Å². The van der Waals surface area contributed by atoms with Crippen molar-refractivity contribution in [2.24, 2.45) is 5.92 Å². The highest BCUT2D eigenvalue weighted by atomic mass is 16.5. The van der Waals surface area contributed by atoms with Crippen LogP contribution in [0.15, 0.2) is 24.3 Å². The normalized spacial score (nSPS) is 11.4. The summed E-state index contributed by atoms with van der Waals surface area (Å²) in [4.78, 5) is 4.62. The molecule has 4 heteroatoms. The molecular weight excluding hydrogens is 262 g/mol. The highest BCUT2D eigenvalue weighted by molar-refractivity contribution is 5.71. The van der Waals surface area contributed by atoms with Gasteiger partial charge in [0.15, 0.2) is 0 Å². The molecule has 0 aliphatic carbocycles. The first-order chi connectivity index (χ1) is 9.88. The van der Waals surface area contributed by atoms with Crippen molar-refractivity contribution in [3.63, 3.8) is 0 Å². The second kappa shape index (κ2) is 6.20. The summed E-state index contributed by atoms with van der Waals surface area (Å²) in [5, 5.41) is 0. The average Bonchev–Trinajstić information content (AvgIpc) is 2.67. The Hall–Kier alpha value is -1.97. The molecule has 2 aromatic rings. The van der Waals surface area contributed by atoms with E-state index in [1.165, 1.54) is 0 Å². The fourth-order valence-corrected chi connectivity index (χ4v) is 2.35. The highest BCUT2D eigenvalue weighted by Gasteiger charge is 2.14. The summed E-state index contributed by atoms with van der Waals surface area (Å²) in [6.07, 6.45) is 0.174. The van der Waals surface area contributed by atoms with Gasteiger partial charge in [0.1, 0.15) is 23.1 Å². The van der Waals surface area contributed by atoms with Crippen LogP contribution in [0.4, 0.5) is 5.82 Å². The quantitative estimate of drug-likeness (QED) is 0.907. The molecule has 0 aliphatic rings. The molecule has 1 heterocycles. The summed E-state index contributed by atoms with van der Waals surface area (Å²) in [6.45, 7) is 11.3. The second-order valence-electron chi connectivity index (χ2n) is 6.09. The van der Waals surface area contributed by atoms with Gasteiger partial charge in [-0.05, 0) is 51.0 Å². The van der Waals surface area contributed by atoms with E-state index in [0.29, 0.717) is 5.92 Å². The van der Waals surface area contributed by atoms with Gasteiger partial charge in [-0.25, -0.2) is 4.98 Å². The van der Waals surface area contributed by atoms with E-state index >= 15 is 0 Å². The Bertz CT molecular complexity index is 597. The Morgan fingerprint density at radius 3 is 2.29 bits per heavy atom. The van der Waals surface area contributed by atoms with Crippen LogP contribution in [0, 0.1) is 12.8 Å². The summed E-state index contributed by atoms with van der Waals surface area (Å²) >= 11 is 0. The van der Waals surface area contributed by atoms with Crippen molar-refractivity contribution in [2.45, 2.75) is 47.3 Å². The lowest BCUT2D eigenvalue weighted by Gasteiger charge is -2.11. The van der Waals surface area contributed by atoms with E-state index in [1.807, 2.05) is 45.0 Å². The number of benzene rings is 1. The maximum Gasteiger partial charge on any atom is 0.131 e. The van der Waals surface area contributed by atoms with Gasteiger partial charge in [0.2, 0.25) is 0 Å². The molecule has 0 saturated carbocycles. The molecule has 0 spiro atoms. The number of ether oxygens (including phenoxy) is 1. The van der Waals surface area contributed by atoms with E-state index in [9.17, 15) is 0 Å². The summed E-state index contributed by atoms with van der Waals surface area (Å²) < 4.78 is 7.74. The lowest BCUT2D eigenvalue weighted by Crippen LogP contribution is -2.09. The molecular formula is C17H25N3O. The second-order valence-corrected chi connectivity index (χ2v) is 6.09. The van der Waals surface area contributed by atoms with Gasteiger partial charge in [0.05, 0.1) is 6.10 Å². The first-order valence-electron chi connectivity index (χ1n) is 7.48. The van der Waals surface area contributed by atoms with Gasteiger partial charge in [0, 0.05) is 12.1 Å². The fraction of sp³-hybridized carbons (Fsp3) is 0.471. The molecule has 2 N–H and O–H groups in total. The molecule has 0 fully saturated rings. The number of nitrogens with two attached hydrogens (primary N) is 1. The first kappa shape index (κ1) is 15.4. The van der Waals surface area contributed by atoms with Crippen molar-refractivity contribution in [1.29, 1.82) is 0 Å². The standard InChI is InChI=1S/C17H25N3O/c1-11(2)10-20-13(5)19-16(17(20)18)14-6-8-15(9-7-14)21-12(3)4/h6-9,11-12H,10,18H2,1-5H3. The summed E-state index contributed by atoms with van der Waals surface area (Å²) in [6, 6.07) is 7.95. The third kappa shape index (κ3) is 3.57. The number of aromatic nitrogens is 2. The third-order valence-corrected chi connectivity index (χ3v) is 3.24. The Morgan fingerprint density at radius 2 is 1.76 bits per heavy atom. The van der Waals surface area contributed by atoms with Crippen LogP contribution < -0.4 is 10.5 Å². The van der Waals surface area contributed by atoms with Crippen LogP contribution in [0.3, 0.4) is 0 Å². The number of nitrogens with zero attached hydrogens (tertiary/aromatic N) is 2. The Labute approximate surface area is 127 Å². The molecule has 0 unspecified atom stereocenters. The minimum Gasteiger partial charge on any atom is -0.491 e. The van der Waals surface area contributed by atoms with Crippen LogP contribution in [-0.2, 0) is 6.54 Å². The Balaban J connectivity index is 2.30. The van der Waals surface area contributed by atoms with Gasteiger partial charge in [-0.2, -0.15) is 0 Å². The van der Waals surface area contributed by atoms with E-state index in [4.69, 9.17) is 10.5 Å². The molecule has 0 aliphatic heterocycles. The zero-order valence-corrected chi connectivity index (χ0v) is 13.6. The van der Waals surface area contributed by atoms with Gasteiger partial charge >= 0.3 is 0 Å². The zero-order valence-electron chi connectivity index (χ0n) is 13.6. The first-order valence-corrected chi connectivity index (χ1v) is 7.48. The monoisotopic (exact) mass is 287 g/mol. The molecule has 4 nitrogen and oxygen atoms in total. The fourth-order valence-electron chi connectivity index (χ4n) is 2.35. The number of hydrogen-bond donors (Lipinski definition) is 1. The average molecular weight is 287 g/mol. The summed E-state index contributed by atoms with van der Waals surface area (Å²) in [5.41, 5.74) is 8.15. The number of rotatable bonds is 5. The van der Waals surface area contributed by atoms with Crippen molar-refractivity contribution < 1.29 is 4.74 Å². The Kier molecular flexibility index (Phi) is 4.56. The molecule has 0 bridgehead atoms. The summed E-state index contributed by atoms with van der Waals surface area (Å²) in [5.74, 6) is 3.10. The molecule has 1 aromatic carbocycles. The molecule has 0 amide bonds. The maximum atomic E-state index is 6.27. The van der Waals surface area contributed by atoms with E-state index in [1.54, 1.807) is 0 Å². The minimum absolute atomic E-state index is 0.174. The predicted molar refractivity (Wildman–Crippen MR) is 87.4 cm³/mol. The molecule has 0 saturated heterocycles. The number of aryl methyl sites for hydroxylation is 1. The van der Waals surface area contributed by atoms with Crippen LogP contribution in [0.1, 0.15) is 33.5 Å². The van der Waals surface area contributed by atoms with Crippen LogP contribution >= 0.6 is 0 Å². The lowest BCUT2D eigenvalue weighted by atomic mass is 10.1. The number of imidazole rings is 1. The topological polar surface area (TPSA) is 53.1 Å². The predicted octanol–water partition coefficient (Wildman–Crippen LogP) is 3.88. The highest BCUT2D eigenvalue weighted by Crippen LogP contribution is 2.28. The molecule has 1 aromatic heterocycles. The number of hydrogen-bond acceptors (Lipinski definition) is 3. The van der Waals surface area contributed by atoms with E-state index in [0.717, 1.165) is 35.2 Å². The van der Waals surface area contributed by atoms with Gasteiger partial charge in [-0.3, -0.25) is 0 Å². The van der Waals surface area contributed by atoms with Crippen LogP contribution in [0.5, 0.6) is 5.75 Å². The number of anilines is 1.